The summed E-state index contributed by atoms with van der Waals surface area (Å²) < 4.78 is 5.83. The molecule has 0 unspecified atom stereocenters. The first kappa shape index (κ1) is 16.8. The quantitative estimate of drug-likeness (QED) is 0.690. The summed E-state index contributed by atoms with van der Waals surface area (Å²) in [6.45, 7) is 4.13. The molecule has 0 atom stereocenters. The Kier molecular flexibility index (Phi) is 8.08. The van der Waals surface area contributed by atoms with Crippen LogP contribution in [0.1, 0.15) is 38.4 Å². The Morgan fingerprint density at radius 1 is 0.950 bits per heavy atom. The van der Waals surface area contributed by atoms with E-state index >= 15 is 0 Å². The third-order valence-electron chi connectivity index (χ3n) is 3.23. The number of rotatable bonds is 8. The molecule has 20 heavy (non-hydrogen) atoms. The molecule has 0 saturated heterocycles. The largest absolute Gasteiger partial charge is 0.460 e. The molecule has 0 aliphatic heterocycles. The second-order valence-electron chi connectivity index (χ2n) is 4.87. The highest BCUT2D eigenvalue weighted by Crippen LogP contribution is 2.21. The van der Waals surface area contributed by atoms with Crippen molar-refractivity contribution in [1.82, 2.24) is 5.32 Å². The number of halogens is 1. The Labute approximate surface area is 128 Å². The molecule has 1 aromatic heterocycles. The number of hydrogen-bond donors (Lipinski definition) is 1. The van der Waals surface area contributed by atoms with Crippen LogP contribution in [-0.4, -0.2) is 6.54 Å². The molecule has 0 bridgehead atoms. The van der Waals surface area contributed by atoms with Crippen LogP contribution in [0.4, 0.5) is 0 Å². The van der Waals surface area contributed by atoms with E-state index in [0.717, 1.165) is 30.2 Å². The maximum absolute atomic E-state index is 5.83. The summed E-state index contributed by atoms with van der Waals surface area (Å²) >= 11 is 0. The zero-order chi connectivity index (χ0) is 13.3. The maximum Gasteiger partial charge on any atom is 0.134 e. The van der Waals surface area contributed by atoms with E-state index < -0.39 is 0 Å². The minimum absolute atomic E-state index is 0. The number of hydrogen-bond acceptors (Lipinski definition) is 2. The first-order valence-corrected chi connectivity index (χ1v) is 7.25. The fraction of sp³-hybridized carbons (Fsp3) is 0.412. The minimum atomic E-state index is 0. The van der Waals surface area contributed by atoms with Crippen LogP contribution >= 0.6 is 12.4 Å². The molecule has 0 saturated carbocycles. The predicted octanol–water partition coefficient (Wildman–Crippen LogP) is 5.04. The Morgan fingerprint density at radius 3 is 2.50 bits per heavy atom. The first-order chi connectivity index (χ1) is 9.40. The van der Waals surface area contributed by atoms with Crippen molar-refractivity contribution in [3.8, 4) is 11.3 Å². The Bertz CT molecular complexity index is 467. The van der Waals surface area contributed by atoms with Crippen molar-refractivity contribution in [1.29, 1.82) is 0 Å². The van der Waals surface area contributed by atoms with E-state index in [9.17, 15) is 0 Å². The van der Waals surface area contributed by atoms with Crippen molar-refractivity contribution in [2.24, 2.45) is 0 Å². The van der Waals surface area contributed by atoms with Gasteiger partial charge in [-0.15, -0.1) is 12.4 Å². The van der Waals surface area contributed by atoms with Gasteiger partial charge in [-0.25, -0.2) is 0 Å². The van der Waals surface area contributed by atoms with E-state index in [1.807, 2.05) is 24.3 Å². The van der Waals surface area contributed by atoms with Gasteiger partial charge in [0, 0.05) is 5.56 Å². The molecule has 2 nitrogen and oxygen atoms in total. The summed E-state index contributed by atoms with van der Waals surface area (Å²) in [4.78, 5) is 0. The highest BCUT2D eigenvalue weighted by Gasteiger charge is 2.03. The Morgan fingerprint density at radius 2 is 1.75 bits per heavy atom. The summed E-state index contributed by atoms with van der Waals surface area (Å²) in [6.07, 6.45) is 5.19. The van der Waals surface area contributed by atoms with Crippen molar-refractivity contribution < 1.29 is 4.42 Å². The summed E-state index contributed by atoms with van der Waals surface area (Å²) in [5, 5.41) is 3.43. The van der Waals surface area contributed by atoms with Crippen LogP contribution in [0.3, 0.4) is 0 Å². The number of benzene rings is 1. The lowest BCUT2D eigenvalue weighted by atomic mass is 10.2. The van der Waals surface area contributed by atoms with Crippen LogP contribution in [0.2, 0.25) is 0 Å². The average molecular weight is 294 g/mol. The summed E-state index contributed by atoms with van der Waals surface area (Å²) in [7, 11) is 0. The fourth-order valence-corrected chi connectivity index (χ4v) is 2.12. The normalized spacial score (nSPS) is 10.2. The maximum atomic E-state index is 5.83. The van der Waals surface area contributed by atoms with Gasteiger partial charge in [-0.1, -0.05) is 56.5 Å². The van der Waals surface area contributed by atoms with E-state index in [4.69, 9.17) is 4.42 Å². The molecule has 0 amide bonds. The molecule has 110 valence electrons. The van der Waals surface area contributed by atoms with Gasteiger partial charge in [0.2, 0.25) is 0 Å². The molecule has 3 heteroatoms. The molecule has 2 rings (SSSR count). The lowest BCUT2D eigenvalue weighted by Crippen LogP contribution is -2.14. The highest BCUT2D eigenvalue weighted by atomic mass is 35.5. The Hall–Kier alpha value is -1.25. The topological polar surface area (TPSA) is 25.2 Å². The van der Waals surface area contributed by atoms with Gasteiger partial charge in [0.25, 0.3) is 0 Å². The van der Waals surface area contributed by atoms with Crippen molar-refractivity contribution in [3.63, 3.8) is 0 Å². The second kappa shape index (κ2) is 9.62. The van der Waals surface area contributed by atoms with Crippen molar-refractivity contribution in [2.75, 3.05) is 6.54 Å². The third kappa shape index (κ3) is 5.40. The van der Waals surface area contributed by atoms with Crippen LogP contribution in [0.25, 0.3) is 11.3 Å². The second-order valence-corrected chi connectivity index (χ2v) is 4.87. The lowest BCUT2D eigenvalue weighted by Gasteiger charge is -2.02. The summed E-state index contributed by atoms with van der Waals surface area (Å²) in [6, 6.07) is 14.3. The fourth-order valence-electron chi connectivity index (χ4n) is 2.12. The lowest BCUT2D eigenvalue weighted by molar-refractivity contribution is 0.487. The standard InChI is InChI=1S/C17H23NO.ClH/c1-2-3-4-8-13-18-14-16-11-12-17(19-16)15-9-6-5-7-10-15;/h5-7,9-12,18H,2-4,8,13-14H2,1H3;1H. The van der Waals surface area contributed by atoms with Gasteiger partial charge in [0.15, 0.2) is 0 Å². The predicted molar refractivity (Wildman–Crippen MR) is 87.2 cm³/mol. The van der Waals surface area contributed by atoms with Crippen LogP contribution < -0.4 is 5.32 Å². The third-order valence-corrected chi connectivity index (χ3v) is 3.23. The zero-order valence-corrected chi connectivity index (χ0v) is 12.9. The van der Waals surface area contributed by atoms with E-state index in [-0.39, 0.29) is 12.4 Å². The molecule has 0 aliphatic rings. The molecule has 0 aliphatic carbocycles. The van der Waals surface area contributed by atoms with Crippen LogP contribution in [0, 0.1) is 0 Å². The molecule has 1 aromatic carbocycles. The van der Waals surface area contributed by atoms with E-state index in [2.05, 4.69) is 30.4 Å². The van der Waals surface area contributed by atoms with Gasteiger partial charge in [-0.2, -0.15) is 0 Å². The smallest absolute Gasteiger partial charge is 0.134 e. The molecule has 1 heterocycles. The molecular formula is C17H24ClNO. The van der Waals surface area contributed by atoms with Crippen LogP contribution in [-0.2, 0) is 6.54 Å². The van der Waals surface area contributed by atoms with Gasteiger partial charge >= 0.3 is 0 Å². The van der Waals surface area contributed by atoms with E-state index in [1.165, 1.54) is 25.7 Å². The van der Waals surface area contributed by atoms with E-state index in [0.29, 0.717) is 0 Å². The molecule has 0 spiro atoms. The number of furan rings is 1. The van der Waals surface area contributed by atoms with Crippen molar-refractivity contribution in [3.05, 3.63) is 48.2 Å². The van der Waals surface area contributed by atoms with Crippen LogP contribution in [0.5, 0.6) is 0 Å². The monoisotopic (exact) mass is 293 g/mol. The summed E-state index contributed by atoms with van der Waals surface area (Å²) in [5.74, 6) is 1.96. The molecule has 0 fully saturated rings. The molecular weight excluding hydrogens is 270 g/mol. The number of nitrogens with one attached hydrogen (secondary N) is 1. The summed E-state index contributed by atoms with van der Waals surface area (Å²) in [5.41, 5.74) is 1.14. The van der Waals surface area contributed by atoms with Gasteiger partial charge in [-0.3, -0.25) is 0 Å². The van der Waals surface area contributed by atoms with Gasteiger partial charge < -0.3 is 9.73 Å². The minimum Gasteiger partial charge on any atom is -0.460 e. The van der Waals surface area contributed by atoms with Gasteiger partial charge in [0.05, 0.1) is 6.54 Å². The highest BCUT2D eigenvalue weighted by molar-refractivity contribution is 5.85. The molecule has 0 radical (unpaired) electrons. The van der Waals surface area contributed by atoms with Gasteiger partial charge in [-0.05, 0) is 25.1 Å². The molecule has 2 aromatic rings. The van der Waals surface area contributed by atoms with Crippen LogP contribution in [0.15, 0.2) is 46.9 Å². The van der Waals surface area contributed by atoms with Gasteiger partial charge in [0.1, 0.15) is 11.5 Å². The SMILES string of the molecule is CCCCCCNCc1ccc(-c2ccccc2)o1.Cl. The first-order valence-electron chi connectivity index (χ1n) is 7.25. The molecule has 1 N–H and O–H groups in total. The number of unbranched alkanes of at least 4 members (excludes halogenated alkanes) is 3. The van der Waals surface area contributed by atoms with Crippen molar-refractivity contribution in [2.45, 2.75) is 39.2 Å². The zero-order valence-electron chi connectivity index (χ0n) is 12.1. The van der Waals surface area contributed by atoms with E-state index in [1.54, 1.807) is 0 Å². The Balaban J connectivity index is 0.00000200. The average Bonchev–Trinajstić information content (AvgIpc) is 2.92. The van der Waals surface area contributed by atoms with Crippen molar-refractivity contribution >= 4 is 12.4 Å².